The van der Waals surface area contributed by atoms with Crippen molar-refractivity contribution < 1.29 is 14.4 Å². The average molecular weight is 415 g/mol. The Labute approximate surface area is 182 Å². The molecule has 0 saturated carbocycles. The van der Waals surface area contributed by atoms with E-state index in [0.29, 0.717) is 12.2 Å². The van der Waals surface area contributed by atoms with Crippen LogP contribution in [0.5, 0.6) is 5.75 Å². The number of amides is 1. The summed E-state index contributed by atoms with van der Waals surface area (Å²) in [6, 6.07) is 27.3. The molecule has 0 fully saturated rings. The van der Waals surface area contributed by atoms with Gasteiger partial charge in [-0.05, 0) is 42.7 Å². The van der Waals surface area contributed by atoms with E-state index in [9.17, 15) is 4.79 Å². The second-order valence-corrected chi connectivity index (χ2v) is 7.68. The first kappa shape index (κ1) is 20.7. The molecule has 0 aliphatic carbocycles. The van der Waals surface area contributed by atoms with Crippen molar-refractivity contribution in [2.75, 3.05) is 0 Å². The Morgan fingerprint density at radius 2 is 1.61 bits per heavy atom. The Morgan fingerprint density at radius 1 is 0.968 bits per heavy atom. The number of carbonyl (C=O) groups is 1. The summed E-state index contributed by atoms with van der Waals surface area (Å²) in [4.78, 5) is 18.4. The van der Waals surface area contributed by atoms with Gasteiger partial charge in [0.1, 0.15) is 11.9 Å². The summed E-state index contributed by atoms with van der Waals surface area (Å²) in [6.45, 7) is 1.99. The second-order valence-electron chi connectivity index (χ2n) is 7.68. The first-order chi connectivity index (χ1) is 15.2. The molecule has 0 radical (unpaired) electrons. The summed E-state index contributed by atoms with van der Waals surface area (Å²) >= 11 is 0. The number of hydrogen-bond donors (Lipinski definition) is 2. The Kier molecular flexibility index (Phi) is 6.65. The maximum Gasteiger partial charge on any atom is 0.412 e. The molecule has 0 aromatic heterocycles. The van der Waals surface area contributed by atoms with Gasteiger partial charge in [-0.15, -0.1) is 0 Å². The van der Waals surface area contributed by atoms with E-state index in [1.54, 1.807) is 12.1 Å². The Bertz CT molecular complexity index is 1020. The van der Waals surface area contributed by atoms with Crippen LogP contribution in [0.1, 0.15) is 16.7 Å². The monoisotopic (exact) mass is 414 g/mol. The number of nitrogens with one attached hydrogen (secondary N) is 2. The van der Waals surface area contributed by atoms with Gasteiger partial charge < -0.3 is 10.1 Å². The molecule has 2 atom stereocenters. The van der Waals surface area contributed by atoms with Gasteiger partial charge in [-0.2, -0.15) is 0 Å². The van der Waals surface area contributed by atoms with Gasteiger partial charge in [0.25, 0.3) is 0 Å². The molecule has 158 valence electrons. The molecule has 3 aromatic carbocycles. The first-order valence-electron chi connectivity index (χ1n) is 10.4. The third-order valence-electron chi connectivity index (χ3n) is 5.16. The van der Waals surface area contributed by atoms with Crippen molar-refractivity contribution in [1.82, 2.24) is 10.8 Å². The SMILES string of the molecule is Cc1ccc(OC(=O)NC(Cc2ccccc2)C2C=C(Cc3ccccc3)NO2)cc1. The van der Waals surface area contributed by atoms with Crippen LogP contribution in [0.3, 0.4) is 0 Å². The van der Waals surface area contributed by atoms with Crippen molar-refractivity contribution in [3.63, 3.8) is 0 Å². The summed E-state index contributed by atoms with van der Waals surface area (Å²) in [5.41, 5.74) is 7.40. The summed E-state index contributed by atoms with van der Waals surface area (Å²) in [5.74, 6) is 0.507. The highest BCUT2D eigenvalue weighted by Gasteiger charge is 2.28. The highest BCUT2D eigenvalue weighted by molar-refractivity contribution is 5.71. The number of allylic oxidation sites excluding steroid dienone is 1. The van der Waals surface area contributed by atoms with Crippen LogP contribution < -0.4 is 15.5 Å². The van der Waals surface area contributed by atoms with E-state index in [4.69, 9.17) is 9.57 Å². The van der Waals surface area contributed by atoms with Gasteiger partial charge in [0.2, 0.25) is 0 Å². The zero-order valence-electron chi connectivity index (χ0n) is 17.5. The molecule has 0 saturated heterocycles. The lowest BCUT2D eigenvalue weighted by Gasteiger charge is -2.22. The van der Waals surface area contributed by atoms with Gasteiger partial charge in [-0.1, -0.05) is 78.4 Å². The van der Waals surface area contributed by atoms with Gasteiger partial charge in [-0.3, -0.25) is 10.3 Å². The largest absolute Gasteiger partial charge is 0.412 e. The summed E-state index contributed by atoms with van der Waals surface area (Å²) in [7, 11) is 0. The Morgan fingerprint density at radius 3 is 2.29 bits per heavy atom. The quantitative estimate of drug-likeness (QED) is 0.587. The highest BCUT2D eigenvalue weighted by Crippen LogP contribution is 2.19. The molecule has 0 spiro atoms. The van der Waals surface area contributed by atoms with Crippen LogP contribution in [0.4, 0.5) is 4.79 Å². The second kappa shape index (κ2) is 9.96. The molecule has 2 N–H and O–H groups in total. The molecule has 1 heterocycles. The average Bonchev–Trinajstić information content (AvgIpc) is 3.25. The highest BCUT2D eigenvalue weighted by atomic mass is 16.7. The molecule has 2 unspecified atom stereocenters. The minimum atomic E-state index is -0.502. The minimum Gasteiger partial charge on any atom is -0.410 e. The molecular formula is C26H26N2O3. The van der Waals surface area contributed by atoms with Crippen LogP contribution in [0.2, 0.25) is 0 Å². The molecule has 1 aliphatic rings. The fourth-order valence-electron chi connectivity index (χ4n) is 3.53. The third kappa shape index (κ3) is 5.96. The Hall–Kier alpha value is -3.57. The normalized spacial score (nSPS) is 16.2. The van der Waals surface area contributed by atoms with Gasteiger partial charge in [0, 0.05) is 12.1 Å². The molecule has 4 rings (SSSR count). The van der Waals surface area contributed by atoms with Gasteiger partial charge in [0.05, 0.1) is 6.04 Å². The maximum atomic E-state index is 12.6. The molecule has 31 heavy (non-hydrogen) atoms. The predicted molar refractivity (Wildman–Crippen MR) is 121 cm³/mol. The molecule has 5 heteroatoms. The lowest BCUT2D eigenvalue weighted by Crippen LogP contribution is -2.46. The number of hydroxylamine groups is 1. The lowest BCUT2D eigenvalue weighted by atomic mass is 10.00. The first-order valence-corrected chi connectivity index (χ1v) is 10.4. The zero-order chi connectivity index (χ0) is 21.5. The summed E-state index contributed by atoms with van der Waals surface area (Å²) in [6.07, 6.45) is 2.57. The van der Waals surface area contributed by atoms with Gasteiger partial charge in [0.15, 0.2) is 0 Å². The van der Waals surface area contributed by atoms with Crippen molar-refractivity contribution in [1.29, 1.82) is 0 Å². The topological polar surface area (TPSA) is 59.6 Å². The molecule has 0 bridgehead atoms. The van der Waals surface area contributed by atoms with Crippen LogP contribution in [0, 0.1) is 6.92 Å². The van der Waals surface area contributed by atoms with E-state index in [2.05, 4.69) is 22.9 Å². The number of benzene rings is 3. The summed E-state index contributed by atoms with van der Waals surface area (Å²) in [5, 5.41) is 2.98. The predicted octanol–water partition coefficient (Wildman–Crippen LogP) is 4.72. The molecule has 1 aliphatic heterocycles. The minimum absolute atomic E-state index is 0.291. The molecular weight excluding hydrogens is 388 g/mol. The number of rotatable bonds is 7. The van der Waals surface area contributed by atoms with Gasteiger partial charge >= 0.3 is 6.09 Å². The number of aryl methyl sites for hydroxylation is 1. The van der Waals surface area contributed by atoms with Gasteiger partial charge in [-0.25, -0.2) is 4.79 Å². The van der Waals surface area contributed by atoms with Crippen molar-refractivity contribution in [3.05, 3.63) is 113 Å². The smallest absolute Gasteiger partial charge is 0.410 e. The third-order valence-corrected chi connectivity index (χ3v) is 5.16. The van der Waals surface area contributed by atoms with E-state index in [1.807, 2.05) is 73.7 Å². The Balaban J connectivity index is 1.46. The van der Waals surface area contributed by atoms with Crippen LogP contribution >= 0.6 is 0 Å². The van der Waals surface area contributed by atoms with Crippen molar-refractivity contribution in [2.45, 2.75) is 31.9 Å². The number of hydrogen-bond acceptors (Lipinski definition) is 4. The van der Waals surface area contributed by atoms with Crippen LogP contribution in [-0.2, 0) is 17.7 Å². The van der Waals surface area contributed by atoms with Crippen LogP contribution in [0.25, 0.3) is 0 Å². The summed E-state index contributed by atoms with van der Waals surface area (Å²) < 4.78 is 5.47. The van der Waals surface area contributed by atoms with E-state index >= 15 is 0 Å². The van der Waals surface area contributed by atoms with E-state index in [1.165, 1.54) is 5.56 Å². The van der Waals surface area contributed by atoms with Crippen molar-refractivity contribution in [3.8, 4) is 5.75 Å². The number of ether oxygens (including phenoxy) is 1. The van der Waals surface area contributed by atoms with E-state index in [-0.39, 0.29) is 12.1 Å². The van der Waals surface area contributed by atoms with Crippen molar-refractivity contribution >= 4 is 6.09 Å². The van der Waals surface area contributed by atoms with Crippen LogP contribution in [0.15, 0.2) is 96.7 Å². The molecule has 3 aromatic rings. The van der Waals surface area contributed by atoms with E-state index in [0.717, 1.165) is 23.2 Å². The van der Waals surface area contributed by atoms with Crippen LogP contribution in [-0.4, -0.2) is 18.2 Å². The standard InChI is InChI=1S/C26H26N2O3/c1-19-12-14-23(15-13-19)30-26(29)27-24(17-21-10-6-3-7-11-21)25-18-22(28-31-25)16-20-8-4-2-5-9-20/h2-15,18,24-25,28H,16-17H2,1H3,(H,27,29). The maximum absolute atomic E-state index is 12.6. The fourth-order valence-corrected chi connectivity index (χ4v) is 3.53. The van der Waals surface area contributed by atoms with Crippen molar-refractivity contribution in [2.24, 2.45) is 0 Å². The fraction of sp³-hybridized carbons (Fsp3) is 0.192. The van der Waals surface area contributed by atoms with E-state index < -0.39 is 6.09 Å². The molecule has 5 nitrogen and oxygen atoms in total. The zero-order valence-corrected chi connectivity index (χ0v) is 17.5. The lowest BCUT2D eigenvalue weighted by molar-refractivity contribution is 0.0212. The number of carbonyl (C=O) groups excluding carboxylic acids is 1. The molecule has 1 amide bonds.